The Balaban J connectivity index is 2.52. The summed E-state index contributed by atoms with van der Waals surface area (Å²) in [7, 11) is 0. The molecule has 0 aliphatic rings. The van der Waals surface area contributed by atoms with Crippen molar-refractivity contribution < 1.29 is 0 Å². The highest BCUT2D eigenvalue weighted by molar-refractivity contribution is 5.51. The molecule has 1 rings (SSSR count). The standard InChI is InChI=1S/C14H20/c1-12(2)9-10-13(3)11-14-7-5-4-6-8-14/h4-8,11-12H,9-10H2,1-3H3/b13-11-. The zero-order valence-corrected chi connectivity index (χ0v) is 9.46. The Labute approximate surface area is 87.7 Å². The van der Waals surface area contributed by atoms with Crippen LogP contribution in [0.1, 0.15) is 39.2 Å². The average Bonchev–Trinajstić information content (AvgIpc) is 2.16. The van der Waals surface area contributed by atoms with Gasteiger partial charge in [0.1, 0.15) is 0 Å². The molecule has 0 saturated heterocycles. The van der Waals surface area contributed by atoms with Crippen molar-refractivity contribution in [3.63, 3.8) is 0 Å². The van der Waals surface area contributed by atoms with Crippen molar-refractivity contribution in [3.05, 3.63) is 41.5 Å². The van der Waals surface area contributed by atoms with Crippen LogP contribution >= 0.6 is 0 Å². The van der Waals surface area contributed by atoms with E-state index in [1.165, 1.54) is 24.0 Å². The van der Waals surface area contributed by atoms with E-state index in [4.69, 9.17) is 0 Å². The van der Waals surface area contributed by atoms with Crippen molar-refractivity contribution in [2.45, 2.75) is 33.6 Å². The third-order valence-corrected chi connectivity index (χ3v) is 2.33. The van der Waals surface area contributed by atoms with Crippen molar-refractivity contribution in [2.24, 2.45) is 5.92 Å². The molecule has 0 heterocycles. The van der Waals surface area contributed by atoms with E-state index in [-0.39, 0.29) is 0 Å². The van der Waals surface area contributed by atoms with Gasteiger partial charge < -0.3 is 0 Å². The van der Waals surface area contributed by atoms with Crippen molar-refractivity contribution in [2.75, 3.05) is 0 Å². The van der Waals surface area contributed by atoms with Crippen LogP contribution in [0.2, 0.25) is 0 Å². The highest BCUT2D eigenvalue weighted by atomic mass is 14.0. The molecule has 0 aliphatic heterocycles. The van der Waals surface area contributed by atoms with Crippen LogP contribution in [0.4, 0.5) is 0 Å². The first-order valence-corrected chi connectivity index (χ1v) is 5.40. The van der Waals surface area contributed by atoms with Gasteiger partial charge in [-0.3, -0.25) is 0 Å². The lowest BCUT2D eigenvalue weighted by atomic mass is 10.0. The zero-order valence-electron chi connectivity index (χ0n) is 9.46. The van der Waals surface area contributed by atoms with E-state index < -0.39 is 0 Å². The Hall–Kier alpha value is -1.04. The molecule has 0 aromatic heterocycles. The first-order valence-electron chi connectivity index (χ1n) is 5.40. The van der Waals surface area contributed by atoms with Crippen LogP contribution in [0.25, 0.3) is 6.08 Å². The van der Waals surface area contributed by atoms with E-state index in [2.05, 4.69) is 57.2 Å². The molecule has 1 aromatic carbocycles. The minimum atomic E-state index is 0.800. The summed E-state index contributed by atoms with van der Waals surface area (Å²) in [4.78, 5) is 0. The van der Waals surface area contributed by atoms with Crippen molar-refractivity contribution in [3.8, 4) is 0 Å². The minimum absolute atomic E-state index is 0.800. The smallest absolute Gasteiger partial charge is 0.0257 e. The highest BCUT2D eigenvalue weighted by Gasteiger charge is 1.95. The van der Waals surface area contributed by atoms with E-state index in [0.29, 0.717) is 0 Å². The molecule has 0 N–H and O–H groups in total. The van der Waals surface area contributed by atoms with E-state index in [0.717, 1.165) is 5.92 Å². The summed E-state index contributed by atoms with van der Waals surface area (Å²) in [6, 6.07) is 10.5. The quantitative estimate of drug-likeness (QED) is 0.651. The van der Waals surface area contributed by atoms with E-state index in [1.807, 2.05) is 0 Å². The maximum Gasteiger partial charge on any atom is -0.0257 e. The Kier molecular flexibility index (Phi) is 4.45. The molecule has 0 unspecified atom stereocenters. The summed E-state index contributed by atoms with van der Waals surface area (Å²) in [6.45, 7) is 6.76. The SMILES string of the molecule is C/C(=C/c1ccccc1)CCC(C)C. The second kappa shape index (κ2) is 5.64. The highest BCUT2D eigenvalue weighted by Crippen LogP contribution is 2.14. The Morgan fingerprint density at radius 2 is 1.86 bits per heavy atom. The molecule has 76 valence electrons. The maximum absolute atomic E-state index is 2.28. The van der Waals surface area contributed by atoms with Gasteiger partial charge in [-0.25, -0.2) is 0 Å². The van der Waals surface area contributed by atoms with Gasteiger partial charge >= 0.3 is 0 Å². The molecule has 0 fully saturated rings. The molecular formula is C14H20. The molecule has 0 amide bonds. The molecule has 0 heteroatoms. The molecule has 14 heavy (non-hydrogen) atoms. The fraction of sp³-hybridized carbons (Fsp3) is 0.429. The molecule has 0 nitrogen and oxygen atoms in total. The Morgan fingerprint density at radius 1 is 1.21 bits per heavy atom. The van der Waals surface area contributed by atoms with Crippen LogP contribution in [0.15, 0.2) is 35.9 Å². The lowest BCUT2D eigenvalue weighted by molar-refractivity contribution is 0.585. The fourth-order valence-electron chi connectivity index (χ4n) is 1.42. The summed E-state index contributed by atoms with van der Waals surface area (Å²) in [5.74, 6) is 0.800. The van der Waals surface area contributed by atoms with Crippen LogP contribution in [-0.2, 0) is 0 Å². The van der Waals surface area contributed by atoms with Crippen molar-refractivity contribution >= 4 is 6.08 Å². The lowest BCUT2D eigenvalue weighted by Gasteiger charge is -2.04. The van der Waals surface area contributed by atoms with Crippen LogP contribution in [0.3, 0.4) is 0 Å². The topological polar surface area (TPSA) is 0 Å². The molecule has 0 saturated carbocycles. The maximum atomic E-state index is 2.28. The van der Waals surface area contributed by atoms with Crippen LogP contribution in [0, 0.1) is 5.92 Å². The predicted molar refractivity (Wildman–Crippen MR) is 64.2 cm³/mol. The van der Waals surface area contributed by atoms with Gasteiger partial charge in [0.2, 0.25) is 0 Å². The van der Waals surface area contributed by atoms with Gasteiger partial charge in [-0.05, 0) is 31.2 Å². The van der Waals surface area contributed by atoms with Gasteiger partial charge in [0, 0.05) is 0 Å². The van der Waals surface area contributed by atoms with Crippen molar-refractivity contribution in [1.29, 1.82) is 0 Å². The van der Waals surface area contributed by atoms with Gasteiger partial charge in [-0.1, -0.05) is 55.8 Å². The largest absolute Gasteiger partial charge is 0.0727 e. The third-order valence-electron chi connectivity index (χ3n) is 2.33. The first-order chi connectivity index (χ1) is 6.68. The van der Waals surface area contributed by atoms with Gasteiger partial charge in [0.05, 0.1) is 0 Å². The number of allylic oxidation sites excluding steroid dienone is 1. The average molecular weight is 188 g/mol. The third kappa shape index (κ3) is 4.27. The number of rotatable bonds is 4. The number of hydrogen-bond acceptors (Lipinski definition) is 0. The van der Waals surface area contributed by atoms with Crippen molar-refractivity contribution in [1.82, 2.24) is 0 Å². The van der Waals surface area contributed by atoms with Crippen LogP contribution in [-0.4, -0.2) is 0 Å². The van der Waals surface area contributed by atoms with Crippen LogP contribution in [0.5, 0.6) is 0 Å². The van der Waals surface area contributed by atoms with E-state index in [1.54, 1.807) is 0 Å². The molecular weight excluding hydrogens is 168 g/mol. The summed E-state index contributed by atoms with van der Waals surface area (Å²) < 4.78 is 0. The van der Waals surface area contributed by atoms with E-state index in [9.17, 15) is 0 Å². The molecule has 1 aromatic rings. The van der Waals surface area contributed by atoms with Gasteiger partial charge in [-0.2, -0.15) is 0 Å². The first kappa shape index (κ1) is 11.0. The number of benzene rings is 1. The van der Waals surface area contributed by atoms with Gasteiger partial charge in [-0.15, -0.1) is 0 Å². The zero-order chi connectivity index (χ0) is 10.4. The fourth-order valence-corrected chi connectivity index (χ4v) is 1.42. The second-order valence-corrected chi connectivity index (χ2v) is 4.33. The molecule has 0 bridgehead atoms. The number of hydrogen-bond donors (Lipinski definition) is 0. The predicted octanol–water partition coefficient (Wildman–Crippen LogP) is 4.53. The summed E-state index contributed by atoms with van der Waals surface area (Å²) >= 11 is 0. The second-order valence-electron chi connectivity index (χ2n) is 4.33. The Bertz CT molecular complexity index is 280. The van der Waals surface area contributed by atoms with Gasteiger partial charge in [0.25, 0.3) is 0 Å². The van der Waals surface area contributed by atoms with Crippen LogP contribution < -0.4 is 0 Å². The molecule has 0 spiro atoms. The summed E-state index contributed by atoms with van der Waals surface area (Å²) in [5, 5.41) is 0. The monoisotopic (exact) mass is 188 g/mol. The summed E-state index contributed by atoms with van der Waals surface area (Å²) in [5.41, 5.74) is 2.79. The minimum Gasteiger partial charge on any atom is -0.0727 e. The summed E-state index contributed by atoms with van der Waals surface area (Å²) in [6.07, 6.45) is 4.78. The van der Waals surface area contributed by atoms with Gasteiger partial charge in [0.15, 0.2) is 0 Å². The normalized spacial score (nSPS) is 12.1. The molecule has 0 radical (unpaired) electrons. The molecule has 0 atom stereocenters. The van der Waals surface area contributed by atoms with E-state index >= 15 is 0 Å². The Morgan fingerprint density at radius 3 is 2.43 bits per heavy atom. The molecule has 0 aliphatic carbocycles. The lowest BCUT2D eigenvalue weighted by Crippen LogP contribution is -1.87.